The standard InChI is InChI=1S/C25H33NO5/c1-28-24-17-21(11-12-23(24)31-19-22-9-5-15-30-22)18-26-25(27)10-6-14-29-16-13-20-7-3-2-4-8-20/h2-4,7-8,11-12,17,22H,5-6,9-10,13-16,18-19H2,1H3,(H,26,27). The van der Waals surface area contributed by atoms with Crippen molar-refractivity contribution in [2.24, 2.45) is 0 Å². The highest BCUT2D eigenvalue weighted by molar-refractivity contribution is 5.75. The Balaban J connectivity index is 1.30. The van der Waals surface area contributed by atoms with E-state index in [4.69, 9.17) is 18.9 Å². The molecule has 1 fully saturated rings. The van der Waals surface area contributed by atoms with Crippen LogP contribution in [0.25, 0.3) is 0 Å². The van der Waals surface area contributed by atoms with Crippen molar-refractivity contribution in [2.75, 3.05) is 33.5 Å². The van der Waals surface area contributed by atoms with E-state index in [1.54, 1.807) is 7.11 Å². The molecule has 6 heteroatoms. The van der Waals surface area contributed by atoms with Crippen molar-refractivity contribution in [3.63, 3.8) is 0 Å². The lowest BCUT2D eigenvalue weighted by molar-refractivity contribution is -0.121. The Morgan fingerprint density at radius 1 is 1.10 bits per heavy atom. The first-order valence-electron chi connectivity index (χ1n) is 11.0. The summed E-state index contributed by atoms with van der Waals surface area (Å²) in [5, 5.41) is 2.95. The van der Waals surface area contributed by atoms with Crippen molar-refractivity contribution in [3.05, 3.63) is 59.7 Å². The van der Waals surface area contributed by atoms with Crippen molar-refractivity contribution in [3.8, 4) is 11.5 Å². The van der Waals surface area contributed by atoms with E-state index in [1.165, 1.54) is 5.56 Å². The lowest BCUT2D eigenvalue weighted by atomic mass is 10.2. The zero-order valence-electron chi connectivity index (χ0n) is 18.3. The van der Waals surface area contributed by atoms with Gasteiger partial charge in [0.1, 0.15) is 6.61 Å². The fourth-order valence-corrected chi connectivity index (χ4v) is 3.46. The van der Waals surface area contributed by atoms with Gasteiger partial charge in [-0.2, -0.15) is 0 Å². The first kappa shape index (κ1) is 23.1. The zero-order chi connectivity index (χ0) is 21.7. The summed E-state index contributed by atoms with van der Waals surface area (Å²) >= 11 is 0. The molecule has 0 radical (unpaired) electrons. The SMILES string of the molecule is COc1cc(CNC(=O)CCCOCCc2ccccc2)ccc1OCC1CCCO1. The number of ether oxygens (including phenoxy) is 4. The van der Waals surface area contributed by atoms with Crippen LogP contribution in [0.4, 0.5) is 0 Å². The Labute approximate surface area is 184 Å². The van der Waals surface area contributed by atoms with E-state index in [1.807, 2.05) is 36.4 Å². The predicted octanol–water partition coefficient (Wildman–Crippen LogP) is 3.91. The second-order valence-electron chi connectivity index (χ2n) is 7.66. The van der Waals surface area contributed by atoms with Gasteiger partial charge in [-0.3, -0.25) is 4.79 Å². The van der Waals surface area contributed by atoms with Crippen LogP contribution in [0, 0.1) is 0 Å². The molecule has 0 aromatic heterocycles. The first-order valence-corrected chi connectivity index (χ1v) is 11.0. The number of hydrogen-bond acceptors (Lipinski definition) is 5. The smallest absolute Gasteiger partial charge is 0.220 e. The lowest BCUT2D eigenvalue weighted by Crippen LogP contribution is -2.23. The molecule has 0 aliphatic carbocycles. The quantitative estimate of drug-likeness (QED) is 0.491. The van der Waals surface area contributed by atoms with Crippen LogP contribution in [-0.2, 0) is 27.2 Å². The highest BCUT2D eigenvalue weighted by atomic mass is 16.5. The number of carbonyl (C=O) groups is 1. The van der Waals surface area contributed by atoms with Crippen molar-refractivity contribution >= 4 is 5.91 Å². The Morgan fingerprint density at radius 3 is 2.74 bits per heavy atom. The average molecular weight is 428 g/mol. The third kappa shape index (κ3) is 8.23. The monoisotopic (exact) mass is 427 g/mol. The van der Waals surface area contributed by atoms with Crippen LogP contribution in [0.3, 0.4) is 0 Å². The summed E-state index contributed by atoms with van der Waals surface area (Å²) in [6.45, 7) is 3.05. The molecule has 6 nitrogen and oxygen atoms in total. The van der Waals surface area contributed by atoms with Gasteiger partial charge in [-0.15, -0.1) is 0 Å². The molecule has 2 aromatic carbocycles. The number of hydrogen-bond donors (Lipinski definition) is 1. The summed E-state index contributed by atoms with van der Waals surface area (Å²) in [7, 11) is 1.62. The van der Waals surface area contributed by atoms with Gasteiger partial charge in [-0.05, 0) is 48.9 Å². The number of methoxy groups -OCH3 is 1. The summed E-state index contributed by atoms with van der Waals surface area (Å²) in [5.74, 6) is 1.38. The summed E-state index contributed by atoms with van der Waals surface area (Å²) in [5.41, 5.74) is 2.23. The maximum absolute atomic E-state index is 12.1. The van der Waals surface area contributed by atoms with Crippen LogP contribution >= 0.6 is 0 Å². The minimum absolute atomic E-state index is 0.0179. The normalized spacial score (nSPS) is 15.6. The number of amides is 1. The molecule has 1 saturated heterocycles. The Hall–Kier alpha value is -2.57. The van der Waals surface area contributed by atoms with Crippen LogP contribution in [0.5, 0.6) is 11.5 Å². The molecule has 1 aliphatic rings. The van der Waals surface area contributed by atoms with Crippen LogP contribution in [0.2, 0.25) is 0 Å². The summed E-state index contributed by atoms with van der Waals surface area (Å²) < 4.78 is 22.5. The number of rotatable bonds is 13. The maximum atomic E-state index is 12.1. The molecule has 0 spiro atoms. The number of carbonyl (C=O) groups excluding carboxylic acids is 1. The molecular weight excluding hydrogens is 394 g/mol. The Kier molecular flexibility index (Phi) is 9.67. The van der Waals surface area contributed by atoms with Crippen molar-refractivity contribution in [1.29, 1.82) is 0 Å². The van der Waals surface area contributed by atoms with Gasteiger partial charge in [0.25, 0.3) is 0 Å². The maximum Gasteiger partial charge on any atom is 0.220 e. The molecule has 168 valence electrons. The zero-order valence-corrected chi connectivity index (χ0v) is 18.3. The highest BCUT2D eigenvalue weighted by Crippen LogP contribution is 2.29. The van der Waals surface area contributed by atoms with Crippen molar-refractivity contribution in [1.82, 2.24) is 5.32 Å². The largest absolute Gasteiger partial charge is 0.493 e. The molecular formula is C25H33NO5. The van der Waals surface area contributed by atoms with Gasteiger partial charge in [0, 0.05) is 26.2 Å². The van der Waals surface area contributed by atoms with E-state index in [-0.39, 0.29) is 12.0 Å². The molecule has 1 aliphatic heterocycles. The average Bonchev–Trinajstić information content (AvgIpc) is 3.33. The summed E-state index contributed by atoms with van der Waals surface area (Å²) in [4.78, 5) is 12.1. The number of benzene rings is 2. The van der Waals surface area contributed by atoms with Crippen molar-refractivity contribution < 1.29 is 23.7 Å². The van der Waals surface area contributed by atoms with Gasteiger partial charge in [0.15, 0.2) is 11.5 Å². The minimum Gasteiger partial charge on any atom is -0.493 e. The molecule has 1 heterocycles. The van der Waals surface area contributed by atoms with E-state index < -0.39 is 0 Å². The van der Waals surface area contributed by atoms with Gasteiger partial charge < -0.3 is 24.3 Å². The molecule has 1 atom stereocenters. The van der Waals surface area contributed by atoms with E-state index in [9.17, 15) is 4.79 Å². The topological polar surface area (TPSA) is 66.0 Å². The van der Waals surface area contributed by atoms with Crippen LogP contribution in [0.15, 0.2) is 48.5 Å². The van der Waals surface area contributed by atoms with Crippen LogP contribution in [0.1, 0.15) is 36.8 Å². The van der Waals surface area contributed by atoms with E-state index >= 15 is 0 Å². The molecule has 31 heavy (non-hydrogen) atoms. The second kappa shape index (κ2) is 13.0. The van der Waals surface area contributed by atoms with Crippen LogP contribution < -0.4 is 14.8 Å². The third-order valence-electron chi connectivity index (χ3n) is 5.24. The Morgan fingerprint density at radius 2 is 1.97 bits per heavy atom. The molecule has 3 rings (SSSR count). The second-order valence-corrected chi connectivity index (χ2v) is 7.66. The molecule has 1 N–H and O–H groups in total. The molecule has 1 unspecified atom stereocenters. The fourth-order valence-electron chi connectivity index (χ4n) is 3.46. The van der Waals surface area contributed by atoms with Gasteiger partial charge in [-0.1, -0.05) is 36.4 Å². The predicted molar refractivity (Wildman–Crippen MR) is 120 cm³/mol. The third-order valence-corrected chi connectivity index (χ3v) is 5.24. The lowest BCUT2D eigenvalue weighted by Gasteiger charge is -2.15. The number of nitrogens with one attached hydrogen (secondary N) is 1. The van der Waals surface area contributed by atoms with E-state index in [0.717, 1.165) is 31.4 Å². The summed E-state index contributed by atoms with van der Waals surface area (Å²) in [6, 6.07) is 16.0. The Bertz CT molecular complexity index is 790. The first-order chi connectivity index (χ1) is 15.2. The minimum atomic E-state index is 0.0179. The molecule has 2 aromatic rings. The van der Waals surface area contributed by atoms with Gasteiger partial charge in [-0.25, -0.2) is 0 Å². The van der Waals surface area contributed by atoms with E-state index in [2.05, 4.69) is 17.4 Å². The molecule has 0 saturated carbocycles. The molecule has 1 amide bonds. The fraction of sp³-hybridized carbons (Fsp3) is 0.480. The summed E-state index contributed by atoms with van der Waals surface area (Å²) in [6.07, 6.45) is 4.33. The van der Waals surface area contributed by atoms with Gasteiger partial charge >= 0.3 is 0 Å². The van der Waals surface area contributed by atoms with Crippen molar-refractivity contribution in [2.45, 2.75) is 44.8 Å². The van der Waals surface area contributed by atoms with Gasteiger partial charge in [0.2, 0.25) is 5.91 Å². The van der Waals surface area contributed by atoms with Gasteiger partial charge in [0.05, 0.1) is 19.8 Å². The van der Waals surface area contributed by atoms with E-state index in [0.29, 0.717) is 50.7 Å². The highest BCUT2D eigenvalue weighted by Gasteiger charge is 2.17. The molecule has 0 bridgehead atoms. The van der Waals surface area contributed by atoms with Crippen LogP contribution in [-0.4, -0.2) is 45.5 Å².